The van der Waals surface area contributed by atoms with Crippen LogP contribution in [0.5, 0.6) is 0 Å². The van der Waals surface area contributed by atoms with Gasteiger partial charge in [0.05, 0.1) is 21.4 Å². The first kappa shape index (κ1) is 16.4. The molecule has 0 heterocycles. The molecular formula is C12H8BrCl2FN2O2S. The van der Waals surface area contributed by atoms with Gasteiger partial charge in [0.2, 0.25) is 0 Å². The smallest absolute Gasteiger partial charge is 0.264 e. The summed E-state index contributed by atoms with van der Waals surface area (Å²) in [5.41, 5.74) is 5.61. The van der Waals surface area contributed by atoms with Crippen molar-refractivity contribution >= 4 is 60.5 Å². The van der Waals surface area contributed by atoms with Crippen molar-refractivity contribution < 1.29 is 12.8 Å². The van der Waals surface area contributed by atoms with Crippen LogP contribution in [0.2, 0.25) is 10.0 Å². The number of nitrogen functional groups attached to an aromatic ring is 1. The van der Waals surface area contributed by atoms with Gasteiger partial charge >= 0.3 is 0 Å². The number of rotatable bonds is 3. The fourth-order valence-corrected chi connectivity index (χ4v) is 4.01. The molecule has 0 aliphatic rings. The predicted molar refractivity (Wildman–Crippen MR) is 85.8 cm³/mol. The van der Waals surface area contributed by atoms with Gasteiger partial charge in [-0.1, -0.05) is 39.1 Å². The molecule has 9 heteroatoms. The third-order valence-corrected chi connectivity index (χ3v) is 5.00. The van der Waals surface area contributed by atoms with Crippen LogP contribution in [-0.2, 0) is 10.0 Å². The van der Waals surface area contributed by atoms with Gasteiger partial charge in [0.25, 0.3) is 10.0 Å². The Kier molecular flexibility index (Phi) is 4.67. The number of hydrogen-bond acceptors (Lipinski definition) is 3. The van der Waals surface area contributed by atoms with Crippen molar-refractivity contribution in [1.82, 2.24) is 0 Å². The summed E-state index contributed by atoms with van der Waals surface area (Å²) >= 11 is 14.8. The standard InChI is InChI=1S/C12H8BrCl2FN2O2S/c13-6-1-2-10(17)11(3-6)21(19,20)18-12-8(14)4-7(16)5-9(12)15/h1-5,18H,17H2. The van der Waals surface area contributed by atoms with Crippen LogP contribution in [0.3, 0.4) is 0 Å². The van der Waals surface area contributed by atoms with E-state index in [-0.39, 0.29) is 26.3 Å². The number of anilines is 2. The van der Waals surface area contributed by atoms with E-state index in [2.05, 4.69) is 20.7 Å². The van der Waals surface area contributed by atoms with E-state index < -0.39 is 15.8 Å². The molecule has 0 spiro atoms. The van der Waals surface area contributed by atoms with E-state index in [1.165, 1.54) is 12.1 Å². The molecule has 4 nitrogen and oxygen atoms in total. The summed E-state index contributed by atoms with van der Waals surface area (Å²) in [6, 6.07) is 6.28. The second-order valence-corrected chi connectivity index (χ2v) is 7.41. The van der Waals surface area contributed by atoms with Crippen molar-refractivity contribution in [3.05, 3.63) is 50.7 Å². The molecule has 0 unspecified atom stereocenters. The Morgan fingerprint density at radius 2 is 1.71 bits per heavy atom. The van der Waals surface area contributed by atoms with E-state index in [0.717, 1.165) is 12.1 Å². The normalized spacial score (nSPS) is 11.4. The molecule has 0 amide bonds. The van der Waals surface area contributed by atoms with Gasteiger partial charge in [0.15, 0.2) is 0 Å². The van der Waals surface area contributed by atoms with Crippen LogP contribution >= 0.6 is 39.1 Å². The molecule has 2 aromatic rings. The monoisotopic (exact) mass is 412 g/mol. The van der Waals surface area contributed by atoms with E-state index in [1.807, 2.05) is 0 Å². The van der Waals surface area contributed by atoms with Gasteiger partial charge < -0.3 is 5.73 Å². The zero-order valence-corrected chi connectivity index (χ0v) is 14.1. The maximum atomic E-state index is 13.1. The minimum atomic E-state index is -4.02. The molecule has 0 saturated heterocycles. The zero-order valence-electron chi connectivity index (χ0n) is 10.2. The Morgan fingerprint density at radius 3 is 2.29 bits per heavy atom. The van der Waals surface area contributed by atoms with Crippen molar-refractivity contribution in [2.45, 2.75) is 4.90 Å². The summed E-state index contributed by atoms with van der Waals surface area (Å²) in [5.74, 6) is -0.671. The lowest BCUT2D eigenvalue weighted by Crippen LogP contribution is -2.15. The Bertz CT molecular complexity index is 792. The van der Waals surface area contributed by atoms with Gasteiger partial charge in [-0.3, -0.25) is 4.72 Å². The topological polar surface area (TPSA) is 72.2 Å². The molecule has 112 valence electrons. The number of nitrogens with one attached hydrogen (secondary N) is 1. The minimum absolute atomic E-state index is 0.0556. The maximum absolute atomic E-state index is 13.1. The zero-order chi connectivity index (χ0) is 15.8. The Morgan fingerprint density at radius 1 is 1.14 bits per heavy atom. The molecule has 0 saturated carbocycles. The SMILES string of the molecule is Nc1ccc(Br)cc1S(=O)(=O)Nc1c(Cl)cc(F)cc1Cl. The first-order valence-corrected chi connectivity index (χ1v) is 8.46. The number of hydrogen-bond donors (Lipinski definition) is 2. The lowest BCUT2D eigenvalue weighted by atomic mass is 10.3. The number of benzene rings is 2. The number of halogens is 4. The van der Waals surface area contributed by atoms with Gasteiger partial charge in [0, 0.05) is 4.47 Å². The van der Waals surface area contributed by atoms with Gasteiger partial charge in [-0.2, -0.15) is 0 Å². The third kappa shape index (κ3) is 3.60. The van der Waals surface area contributed by atoms with E-state index in [9.17, 15) is 12.8 Å². The fraction of sp³-hybridized carbons (Fsp3) is 0. The van der Waals surface area contributed by atoms with Crippen LogP contribution in [0.1, 0.15) is 0 Å². The highest BCUT2D eigenvalue weighted by Gasteiger charge is 2.21. The highest BCUT2D eigenvalue weighted by molar-refractivity contribution is 9.10. The van der Waals surface area contributed by atoms with Crippen molar-refractivity contribution in [1.29, 1.82) is 0 Å². The summed E-state index contributed by atoms with van der Waals surface area (Å²) in [6.07, 6.45) is 0. The summed E-state index contributed by atoms with van der Waals surface area (Å²) in [5, 5.41) is -0.311. The molecule has 2 aromatic carbocycles. The molecule has 21 heavy (non-hydrogen) atoms. The van der Waals surface area contributed by atoms with Crippen molar-refractivity contribution in [3.63, 3.8) is 0 Å². The molecule has 0 radical (unpaired) electrons. The Hall–Kier alpha value is -1.02. The largest absolute Gasteiger partial charge is 0.398 e. The lowest BCUT2D eigenvalue weighted by Gasteiger charge is -2.13. The highest BCUT2D eigenvalue weighted by Crippen LogP contribution is 2.34. The highest BCUT2D eigenvalue weighted by atomic mass is 79.9. The van der Waals surface area contributed by atoms with Gasteiger partial charge in [-0.15, -0.1) is 0 Å². The van der Waals surface area contributed by atoms with Crippen molar-refractivity contribution in [2.24, 2.45) is 0 Å². The molecule has 0 aromatic heterocycles. The average molecular weight is 414 g/mol. The lowest BCUT2D eigenvalue weighted by molar-refractivity contribution is 0.601. The quantitative estimate of drug-likeness (QED) is 0.737. The van der Waals surface area contributed by atoms with Crippen LogP contribution in [0.4, 0.5) is 15.8 Å². The molecule has 0 atom stereocenters. The predicted octanol–water partition coefficient (Wildman–Crippen LogP) is 4.28. The van der Waals surface area contributed by atoms with Gasteiger partial charge in [0.1, 0.15) is 10.7 Å². The maximum Gasteiger partial charge on any atom is 0.264 e. The molecule has 0 aliphatic carbocycles. The Balaban J connectivity index is 2.50. The fourth-order valence-electron chi connectivity index (χ4n) is 1.57. The van der Waals surface area contributed by atoms with Gasteiger partial charge in [-0.05, 0) is 30.3 Å². The first-order chi connectivity index (χ1) is 9.70. The van der Waals surface area contributed by atoms with E-state index in [4.69, 9.17) is 28.9 Å². The van der Waals surface area contributed by atoms with E-state index in [1.54, 1.807) is 6.07 Å². The number of sulfonamides is 1. The van der Waals surface area contributed by atoms with Crippen molar-refractivity contribution in [2.75, 3.05) is 10.5 Å². The molecule has 0 aliphatic heterocycles. The van der Waals surface area contributed by atoms with Crippen LogP contribution in [0, 0.1) is 5.82 Å². The molecule has 2 rings (SSSR count). The molecular weight excluding hydrogens is 406 g/mol. The summed E-state index contributed by atoms with van der Waals surface area (Å²) in [6.45, 7) is 0. The summed E-state index contributed by atoms with van der Waals surface area (Å²) in [4.78, 5) is -0.145. The minimum Gasteiger partial charge on any atom is -0.398 e. The first-order valence-electron chi connectivity index (χ1n) is 5.43. The summed E-state index contributed by atoms with van der Waals surface area (Å²) < 4.78 is 40.5. The van der Waals surface area contributed by atoms with Crippen LogP contribution in [-0.4, -0.2) is 8.42 Å². The van der Waals surface area contributed by atoms with Crippen LogP contribution < -0.4 is 10.5 Å². The van der Waals surface area contributed by atoms with Crippen LogP contribution in [0.15, 0.2) is 39.7 Å². The average Bonchev–Trinajstić information content (AvgIpc) is 2.36. The van der Waals surface area contributed by atoms with E-state index in [0.29, 0.717) is 4.47 Å². The van der Waals surface area contributed by atoms with E-state index >= 15 is 0 Å². The third-order valence-electron chi connectivity index (χ3n) is 2.51. The Labute approximate surface area is 139 Å². The van der Waals surface area contributed by atoms with Crippen LogP contribution in [0.25, 0.3) is 0 Å². The van der Waals surface area contributed by atoms with Gasteiger partial charge in [-0.25, -0.2) is 12.8 Å². The van der Waals surface area contributed by atoms with Crippen molar-refractivity contribution in [3.8, 4) is 0 Å². The molecule has 0 bridgehead atoms. The number of nitrogens with two attached hydrogens (primary N) is 1. The second-order valence-electron chi connectivity index (χ2n) is 4.03. The summed E-state index contributed by atoms with van der Waals surface area (Å²) in [7, 11) is -4.02. The molecule has 3 N–H and O–H groups in total. The molecule has 0 fully saturated rings. The second kappa shape index (κ2) is 6.00.